The quantitative estimate of drug-likeness (QED) is 0.847. The Balaban J connectivity index is 1.66. The van der Waals surface area contributed by atoms with Crippen LogP contribution < -0.4 is 4.90 Å². The number of rotatable bonds is 5. The lowest BCUT2D eigenvalue weighted by Crippen LogP contribution is -2.51. The van der Waals surface area contributed by atoms with Crippen LogP contribution in [-0.4, -0.2) is 58.3 Å². The SMILES string of the molecule is CC(C)C[C@@H](O)C(=O)N1CCN(c2cccc(-c3ccccc3O)n2)CC1. The number of pyridine rings is 1. The van der Waals surface area contributed by atoms with Crippen LogP contribution >= 0.6 is 0 Å². The first-order valence-corrected chi connectivity index (χ1v) is 9.43. The van der Waals surface area contributed by atoms with Crippen molar-refractivity contribution in [2.75, 3.05) is 31.1 Å². The summed E-state index contributed by atoms with van der Waals surface area (Å²) in [5.41, 5.74) is 1.42. The maximum Gasteiger partial charge on any atom is 0.251 e. The molecule has 0 unspecified atom stereocenters. The van der Waals surface area contributed by atoms with E-state index < -0.39 is 6.10 Å². The van der Waals surface area contributed by atoms with Crippen LogP contribution in [0.5, 0.6) is 5.75 Å². The van der Waals surface area contributed by atoms with Gasteiger partial charge in [0.05, 0.1) is 5.69 Å². The van der Waals surface area contributed by atoms with Crippen LogP contribution in [0.1, 0.15) is 20.3 Å². The highest BCUT2D eigenvalue weighted by Crippen LogP contribution is 2.28. The Morgan fingerprint density at radius 3 is 2.44 bits per heavy atom. The van der Waals surface area contributed by atoms with Crippen molar-refractivity contribution in [1.29, 1.82) is 0 Å². The molecular formula is C21H27N3O3. The molecule has 0 radical (unpaired) electrons. The number of phenolic OH excluding ortho intramolecular Hbond substituents is 1. The summed E-state index contributed by atoms with van der Waals surface area (Å²) >= 11 is 0. The fraction of sp³-hybridized carbons (Fsp3) is 0.429. The minimum Gasteiger partial charge on any atom is -0.507 e. The van der Waals surface area contributed by atoms with Gasteiger partial charge in [0.1, 0.15) is 17.7 Å². The molecule has 6 nitrogen and oxygen atoms in total. The van der Waals surface area contributed by atoms with E-state index in [0.29, 0.717) is 38.2 Å². The van der Waals surface area contributed by atoms with Crippen molar-refractivity contribution in [1.82, 2.24) is 9.88 Å². The van der Waals surface area contributed by atoms with Crippen molar-refractivity contribution in [3.05, 3.63) is 42.5 Å². The van der Waals surface area contributed by atoms with Gasteiger partial charge in [0, 0.05) is 31.7 Å². The number of aromatic nitrogens is 1. The highest BCUT2D eigenvalue weighted by Gasteiger charge is 2.27. The van der Waals surface area contributed by atoms with Crippen molar-refractivity contribution in [3.63, 3.8) is 0 Å². The minimum absolute atomic E-state index is 0.181. The summed E-state index contributed by atoms with van der Waals surface area (Å²) < 4.78 is 0. The first-order valence-electron chi connectivity index (χ1n) is 9.43. The fourth-order valence-electron chi connectivity index (χ4n) is 3.35. The topological polar surface area (TPSA) is 76.9 Å². The molecule has 1 aliphatic rings. The molecule has 0 aliphatic carbocycles. The lowest BCUT2D eigenvalue weighted by Gasteiger charge is -2.36. The van der Waals surface area contributed by atoms with Gasteiger partial charge in [-0.2, -0.15) is 0 Å². The molecule has 1 saturated heterocycles. The molecule has 27 heavy (non-hydrogen) atoms. The Morgan fingerprint density at radius 1 is 1.07 bits per heavy atom. The number of para-hydroxylation sites is 1. The number of aromatic hydroxyl groups is 1. The third-order valence-electron chi connectivity index (χ3n) is 4.81. The molecule has 3 rings (SSSR count). The second kappa shape index (κ2) is 8.39. The van der Waals surface area contributed by atoms with Gasteiger partial charge in [0.25, 0.3) is 5.91 Å². The number of hydrogen-bond acceptors (Lipinski definition) is 5. The van der Waals surface area contributed by atoms with Crippen LogP contribution in [0.4, 0.5) is 5.82 Å². The van der Waals surface area contributed by atoms with Gasteiger partial charge in [-0.15, -0.1) is 0 Å². The van der Waals surface area contributed by atoms with Gasteiger partial charge in [-0.3, -0.25) is 4.79 Å². The molecule has 144 valence electrons. The molecular weight excluding hydrogens is 342 g/mol. The predicted molar refractivity (Wildman–Crippen MR) is 106 cm³/mol. The second-order valence-electron chi connectivity index (χ2n) is 7.36. The molecule has 0 saturated carbocycles. The summed E-state index contributed by atoms with van der Waals surface area (Å²) in [4.78, 5) is 20.9. The molecule has 2 N–H and O–H groups in total. The number of aliphatic hydroxyl groups excluding tert-OH is 1. The summed E-state index contributed by atoms with van der Waals surface area (Å²) in [7, 11) is 0. The summed E-state index contributed by atoms with van der Waals surface area (Å²) in [5, 5.41) is 20.1. The first kappa shape index (κ1) is 19.2. The number of nitrogens with zero attached hydrogens (tertiary/aromatic N) is 3. The third-order valence-corrected chi connectivity index (χ3v) is 4.81. The Kier molecular flexibility index (Phi) is 5.96. The highest BCUT2D eigenvalue weighted by atomic mass is 16.3. The van der Waals surface area contributed by atoms with Gasteiger partial charge in [-0.1, -0.05) is 32.0 Å². The molecule has 1 aliphatic heterocycles. The summed E-state index contributed by atoms with van der Waals surface area (Å²) in [6, 6.07) is 12.9. The monoisotopic (exact) mass is 369 g/mol. The zero-order valence-corrected chi connectivity index (χ0v) is 15.9. The van der Waals surface area contributed by atoms with Crippen LogP contribution in [0.25, 0.3) is 11.3 Å². The zero-order valence-electron chi connectivity index (χ0n) is 15.9. The number of benzene rings is 1. The number of carbonyl (C=O) groups excluding carboxylic acids is 1. The maximum atomic E-state index is 12.4. The van der Waals surface area contributed by atoms with E-state index in [1.54, 1.807) is 17.0 Å². The van der Waals surface area contributed by atoms with E-state index in [9.17, 15) is 15.0 Å². The van der Waals surface area contributed by atoms with E-state index in [4.69, 9.17) is 0 Å². The van der Waals surface area contributed by atoms with Crippen LogP contribution in [0.3, 0.4) is 0 Å². The molecule has 2 heterocycles. The van der Waals surface area contributed by atoms with E-state index in [2.05, 4.69) is 9.88 Å². The molecule has 0 bridgehead atoms. The first-order chi connectivity index (χ1) is 13.0. The predicted octanol–water partition coefficient (Wildman–Crippen LogP) is 2.51. The van der Waals surface area contributed by atoms with Crippen LogP contribution in [0.15, 0.2) is 42.5 Å². The van der Waals surface area contributed by atoms with Crippen molar-refractivity contribution < 1.29 is 15.0 Å². The molecule has 6 heteroatoms. The van der Waals surface area contributed by atoms with Crippen LogP contribution in [0.2, 0.25) is 0 Å². The minimum atomic E-state index is -0.918. The second-order valence-corrected chi connectivity index (χ2v) is 7.36. The van der Waals surface area contributed by atoms with Crippen molar-refractivity contribution >= 4 is 11.7 Å². The van der Waals surface area contributed by atoms with E-state index >= 15 is 0 Å². The Labute approximate surface area is 160 Å². The van der Waals surface area contributed by atoms with E-state index in [1.807, 2.05) is 44.2 Å². The molecule has 2 aromatic rings. The van der Waals surface area contributed by atoms with Gasteiger partial charge in [-0.05, 0) is 36.6 Å². The molecule has 1 aromatic carbocycles. The zero-order chi connectivity index (χ0) is 19.4. The van der Waals surface area contributed by atoms with Gasteiger partial charge < -0.3 is 20.0 Å². The molecule has 1 amide bonds. The average Bonchev–Trinajstić information content (AvgIpc) is 2.67. The maximum absolute atomic E-state index is 12.4. The van der Waals surface area contributed by atoms with Gasteiger partial charge in [-0.25, -0.2) is 4.98 Å². The molecule has 1 fully saturated rings. The summed E-state index contributed by atoms with van der Waals surface area (Å²) in [6.45, 7) is 6.46. The van der Waals surface area contributed by atoms with Gasteiger partial charge in [0.2, 0.25) is 0 Å². The number of hydrogen-bond donors (Lipinski definition) is 2. The normalized spacial score (nSPS) is 15.9. The van der Waals surface area contributed by atoms with E-state index in [0.717, 1.165) is 11.5 Å². The largest absolute Gasteiger partial charge is 0.507 e. The lowest BCUT2D eigenvalue weighted by atomic mass is 10.0. The smallest absolute Gasteiger partial charge is 0.251 e. The van der Waals surface area contributed by atoms with Gasteiger partial charge >= 0.3 is 0 Å². The molecule has 1 atom stereocenters. The fourth-order valence-corrected chi connectivity index (χ4v) is 3.35. The van der Waals surface area contributed by atoms with Gasteiger partial charge in [0.15, 0.2) is 0 Å². The van der Waals surface area contributed by atoms with Crippen LogP contribution in [-0.2, 0) is 4.79 Å². The van der Waals surface area contributed by atoms with Crippen LogP contribution in [0, 0.1) is 5.92 Å². The van der Waals surface area contributed by atoms with Crippen molar-refractivity contribution in [3.8, 4) is 17.0 Å². The standard InChI is InChI=1S/C21H27N3O3/c1-15(2)14-19(26)21(27)24-12-10-23(11-13-24)20-9-5-7-17(22-20)16-6-3-4-8-18(16)25/h3-9,15,19,25-26H,10-14H2,1-2H3/t19-/m1/s1. The van der Waals surface area contributed by atoms with Crippen molar-refractivity contribution in [2.45, 2.75) is 26.4 Å². The molecule has 0 spiro atoms. The highest BCUT2D eigenvalue weighted by molar-refractivity contribution is 5.81. The summed E-state index contributed by atoms with van der Waals surface area (Å²) in [5.74, 6) is 1.13. The Hall–Kier alpha value is -2.60. The Bertz CT molecular complexity index is 786. The lowest BCUT2D eigenvalue weighted by molar-refractivity contribution is -0.141. The number of phenols is 1. The number of piperazine rings is 1. The number of aliphatic hydroxyl groups is 1. The number of anilines is 1. The molecule has 1 aromatic heterocycles. The van der Waals surface area contributed by atoms with E-state index in [1.165, 1.54) is 0 Å². The average molecular weight is 369 g/mol. The Morgan fingerprint density at radius 2 is 1.78 bits per heavy atom. The summed E-state index contributed by atoms with van der Waals surface area (Å²) in [6.07, 6.45) is -0.428. The van der Waals surface area contributed by atoms with Crippen molar-refractivity contribution in [2.24, 2.45) is 5.92 Å². The third kappa shape index (κ3) is 4.57. The number of carbonyl (C=O) groups is 1. The van der Waals surface area contributed by atoms with E-state index in [-0.39, 0.29) is 17.6 Å². The number of amides is 1.